The molecule has 0 fully saturated rings. The predicted molar refractivity (Wildman–Crippen MR) is 139 cm³/mol. The lowest BCUT2D eigenvalue weighted by atomic mass is 9.81. The molecule has 0 spiro atoms. The van der Waals surface area contributed by atoms with Crippen LogP contribution in [0.2, 0.25) is 0 Å². The summed E-state index contributed by atoms with van der Waals surface area (Å²) in [7, 11) is 1.53. The number of carbonyl (C=O) groups excluding carboxylic acids is 1. The van der Waals surface area contributed by atoms with Gasteiger partial charge in [-0.3, -0.25) is 0 Å². The Hall–Kier alpha value is -4.05. The van der Waals surface area contributed by atoms with Crippen molar-refractivity contribution in [2.45, 2.75) is 51.2 Å². The smallest absolute Gasteiger partial charge is 0.351 e. The first-order chi connectivity index (χ1) is 18.4. The molecule has 0 aliphatic heterocycles. The minimum Gasteiger partial charge on any atom is -0.463 e. The van der Waals surface area contributed by atoms with Gasteiger partial charge in [-0.05, 0) is 50.3 Å². The molecule has 1 heterocycles. The number of benzene rings is 2. The standard InChI is InChI=1S/C28H33N3O7/c1-21-20-22(2)30-27(29-21)38-25(26(32)36-18-12-4-5-13-19-37-31(33)34)28(35-3,23-14-8-6-9-15-23)24-16-10-7-11-17-24/h6-11,14-17,20,25H,4-5,12-13,18-19H2,1-3H3/t25-/m1/s1. The monoisotopic (exact) mass is 523 g/mol. The number of aromatic nitrogens is 2. The molecule has 202 valence electrons. The molecule has 0 saturated carbocycles. The lowest BCUT2D eigenvalue weighted by Crippen LogP contribution is -2.51. The van der Waals surface area contributed by atoms with E-state index in [1.807, 2.05) is 80.6 Å². The van der Waals surface area contributed by atoms with E-state index < -0.39 is 22.8 Å². The minimum absolute atomic E-state index is 0.0448. The van der Waals surface area contributed by atoms with Crippen LogP contribution >= 0.6 is 0 Å². The topological polar surface area (TPSA) is 123 Å². The Balaban J connectivity index is 1.89. The van der Waals surface area contributed by atoms with Crippen molar-refractivity contribution in [1.29, 1.82) is 0 Å². The van der Waals surface area contributed by atoms with Crippen molar-refractivity contribution in [2.75, 3.05) is 20.3 Å². The molecule has 2 aromatic carbocycles. The highest BCUT2D eigenvalue weighted by Crippen LogP contribution is 2.39. The number of carbonyl (C=O) groups is 1. The van der Waals surface area contributed by atoms with Gasteiger partial charge in [0.2, 0.25) is 6.10 Å². The molecule has 0 unspecified atom stereocenters. The first-order valence-corrected chi connectivity index (χ1v) is 12.5. The Bertz CT molecular complexity index is 1120. The quantitative estimate of drug-likeness (QED) is 0.120. The Kier molecular flexibility index (Phi) is 10.5. The number of nitrogens with zero attached hydrogens (tertiary/aromatic N) is 3. The van der Waals surface area contributed by atoms with Crippen molar-refractivity contribution < 1.29 is 28.9 Å². The van der Waals surface area contributed by atoms with Crippen molar-refractivity contribution in [3.8, 4) is 6.01 Å². The zero-order chi connectivity index (χ0) is 27.4. The van der Waals surface area contributed by atoms with Crippen LogP contribution in [0.15, 0.2) is 66.7 Å². The summed E-state index contributed by atoms with van der Waals surface area (Å²) in [6.07, 6.45) is 1.27. The number of rotatable bonds is 15. The van der Waals surface area contributed by atoms with Gasteiger partial charge in [-0.1, -0.05) is 67.1 Å². The third-order valence-corrected chi connectivity index (χ3v) is 5.98. The van der Waals surface area contributed by atoms with Gasteiger partial charge in [-0.15, -0.1) is 10.1 Å². The van der Waals surface area contributed by atoms with Gasteiger partial charge in [0, 0.05) is 18.5 Å². The summed E-state index contributed by atoms with van der Waals surface area (Å²) in [6.45, 7) is 3.84. The molecule has 3 aromatic rings. The SMILES string of the molecule is COC(c1ccccc1)(c1ccccc1)[C@H](Oc1nc(C)cc(C)n1)C(=O)OCCCCCCO[N+](=O)[O-]. The molecule has 0 bridgehead atoms. The number of esters is 1. The number of hydrogen-bond donors (Lipinski definition) is 0. The van der Waals surface area contributed by atoms with E-state index >= 15 is 0 Å². The van der Waals surface area contributed by atoms with E-state index in [0.717, 1.165) is 0 Å². The molecule has 1 atom stereocenters. The van der Waals surface area contributed by atoms with Crippen molar-refractivity contribution >= 4 is 5.97 Å². The number of methoxy groups -OCH3 is 1. The number of ether oxygens (including phenoxy) is 3. The molecule has 10 heteroatoms. The van der Waals surface area contributed by atoms with Gasteiger partial charge in [0.1, 0.15) is 0 Å². The fraction of sp³-hybridized carbons (Fsp3) is 0.393. The Labute approximate surface area is 222 Å². The van der Waals surface area contributed by atoms with Gasteiger partial charge < -0.3 is 19.0 Å². The van der Waals surface area contributed by atoms with Crippen molar-refractivity contribution in [2.24, 2.45) is 0 Å². The van der Waals surface area contributed by atoms with Gasteiger partial charge in [-0.25, -0.2) is 14.8 Å². The summed E-state index contributed by atoms with van der Waals surface area (Å²) < 4.78 is 18.1. The van der Waals surface area contributed by atoms with Gasteiger partial charge in [-0.2, -0.15) is 0 Å². The first kappa shape index (κ1) is 28.5. The van der Waals surface area contributed by atoms with Crippen LogP contribution in [0, 0.1) is 24.0 Å². The van der Waals surface area contributed by atoms with E-state index in [9.17, 15) is 14.9 Å². The average Bonchev–Trinajstić information content (AvgIpc) is 2.90. The molecule has 10 nitrogen and oxygen atoms in total. The van der Waals surface area contributed by atoms with E-state index in [1.165, 1.54) is 7.11 Å². The lowest BCUT2D eigenvalue weighted by molar-refractivity contribution is -0.757. The third-order valence-electron chi connectivity index (χ3n) is 5.98. The zero-order valence-corrected chi connectivity index (χ0v) is 21.9. The van der Waals surface area contributed by atoms with Gasteiger partial charge in [0.05, 0.1) is 13.2 Å². The summed E-state index contributed by atoms with van der Waals surface area (Å²) in [4.78, 5) is 37.0. The molecule has 0 aliphatic rings. The lowest BCUT2D eigenvalue weighted by Gasteiger charge is -2.38. The van der Waals surface area contributed by atoms with Gasteiger partial charge in [0.15, 0.2) is 5.60 Å². The third kappa shape index (κ3) is 7.48. The summed E-state index contributed by atoms with van der Waals surface area (Å²) in [5.41, 5.74) is 1.43. The van der Waals surface area contributed by atoms with Crippen LogP contribution in [-0.2, 0) is 24.7 Å². The molecular weight excluding hydrogens is 490 g/mol. The van der Waals surface area contributed by atoms with Crippen LogP contribution in [0.3, 0.4) is 0 Å². The summed E-state index contributed by atoms with van der Waals surface area (Å²) >= 11 is 0. The Morgan fingerprint density at radius 2 is 1.42 bits per heavy atom. The second-order valence-corrected chi connectivity index (χ2v) is 8.74. The number of hydrogen-bond acceptors (Lipinski definition) is 9. The largest absolute Gasteiger partial charge is 0.463 e. The fourth-order valence-corrected chi connectivity index (χ4v) is 4.28. The molecule has 1 aromatic heterocycles. The number of aryl methyl sites for hydroxylation is 2. The molecule has 0 aliphatic carbocycles. The van der Waals surface area contributed by atoms with Crippen LogP contribution in [0.25, 0.3) is 0 Å². The van der Waals surface area contributed by atoms with E-state index in [2.05, 4.69) is 14.8 Å². The van der Waals surface area contributed by atoms with E-state index in [0.29, 0.717) is 48.2 Å². The Morgan fingerprint density at radius 3 is 1.92 bits per heavy atom. The van der Waals surface area contributed by atoms with Crippen LogP contribution in [-0.4, -0.2) is 47.5 Å². The average molecular weight is 524 g/mol. The summed E-state index contributed by atoms with van der Waals surface area (Å²) in [5.74, 6) is -0.626. The maximum absolute atomic E-state index is 13.7. The summed E-state index contributed by atoms with van der Waals surface area (Å²) in [6, 6.07) is 20.6. The highest BCUT2D eigenvalue weighted by Gasteiger charge is 2.50. The molecule has 0 amide bonds. The zero-order valence-electron chi connectivity index (χ0n) is 21.9. The highest BCUT2D eigenvalue weighted by molar-refractivity contribution is 5.78. The first-order valence-electron chi connectivity index (χ1n) is 12.5. The second-order valence-electron chi connectivity index (χ2n) is 8.74. The highest BCUT2D eigenvalue weighted by atomic mass is 16.9. The van der Waals surface area contributed by atoms with Crippen molar-refractivity contribution in [1.82, 2.24) is 9.97 Å². The van der Waals surface area contributed by atoms with Crippen molar-refractivity contribution in [3.63, 3.8) is 0 Å². The molecular formula is C28H33N3O7. The Morgan fingerprint density at radius 1 is 0.895 bits per heavy atom. The van der Waals surface area contributed by atoms with Crippen LogP contribution in [0.4, 0.5) is 0 Å². The maximum Gasteiger partial charge on any atom is 0.351 e. The van der Waals surface area contributed by atoms with Crippen molar-refractivity contribution in [3.05, 3.63) is 99.4 Å². The maximum atomic E-state index is 13.7. The van der Waals surface area contributed by atoms with Gasteiger partial charge in [0.25, 0.3) is 5.09 Å². The molecule has 0 radical (unpaired) electrons. The molecule has 0 N–H and O–H groups in total. The van der Waals surface area contributed by atoms with E-state index in [-0.39, 0.29) is 19.2 Å². The van der Waals surface area contributed by atoms with Crippen LogP contribution in [0.5, 0.6) is 6.01 Å². The van der Waals surface area contributed by atoms with E-state index in [1.54, 1.807) is 0 Å². The summed E-state index contributed by atoms with van der Waals surface area (Å²) in [5, 5.41) is 9.44. The molecule has 3 rings (SSSR count). The number of unbranched alkanes of at least 4 members (excludes halogenated alkanes) is 3. The van der Waals surface area contributed by atoms with Gasteiger partial charge >= 0.3 is 12.0 Å². The van der Waals surface area contributed by atoms with Crippen LogP contribution < -0.4 is 4.74 Å². The minimum atomic E-state index is -1.36. The molecule has 38 heavy (non-hydrogen) atoms. The predicted octanol–water partition coefficient (Wildman–Crippen LogP) is 4.74. The molecule has 0 saturated heterocycles. The normalized spacial score (nSPS) is 12.0. The van der Waals surface area contributed by atoms with E-state index in [4.69, 9.17) is 14.2 Å². The fourth-order valence-electron chi connectivity index (χ4n) is 4.28. The second kappa shape index (κ2) is 14.0. The van der Waals surface area contributed by atoms with Crippen LogP contribution in [0.1, 0.15) is 48.2 Å².